The lowest BCUT2D eigenvalue weighted by Crippen LogP contribution is -1.82. The average molecular weight is 274 g/mol. The molecule has 1 aliphatic heterocycles. The fourth-order valence-electron chi connectivity index (χ4n) is 3.18. The summed E-state index contributed by atoms with van der Waals surface area (Å²) in [6, 6.07) is 21.9. The standard InChI is InChI=1S/C16H10.C4H8O/c1-3-11-7-9-13-5-2-6-14-10-8-12(4-1)15(11)16(13)14;1-2-4-5-3-1/h1-10H;1-4H2. The molecular formula is C20H18O. The Labute approximate surface area is 124 Å². The van der Waals surface area contributed by atoms with Gasteiger partial charge in [-0.05, 0) is 45.2 Å². The Balaban J connectivity index is 0.000000197. The van der Waals surface area contributed by atoms with Crippen LogP contribution in [0.4, 0.5) is 0 Å². The van der Waals surface area contributed by atoms with Crippen LogP contribution in [-0.4, -0.2) is 13.2 Å². The van der Waals surface area contributed by atoms with Crippen LogP contribution < -0.4 is 0 Å². The van der Waals surface area contributed by atoms with Crippen molar-refractivity contribution >= 4 is 32.3 Å². The van der Waals surface area contributed by atoms with E-state index in [9.17, 15) is 0 Å². The highest BCUT2D eigenvalue weighted by molar-refractivity contribution is 6.22. The minimum atomic E-state index is 1.00. The Kier molecular flexibility index (Phi) is 3.21. The molecule has 0 amide bonds. The summed E-state index contributed by atoms with van der Waals surface area (Å²) >= 11 is 0. The van der Waals surface area contributed by atoms with Crippen LogP contribution in [0.1, 0.15) is 12.8 Å². The number of hydrogen-bond donors (Lipinski definition) is 0. The third kappa shape index (κ3) is 2.24. The van der Waals surface area contributed by atoms with Crippen LogP contribution in [0, 0.1) is 0 Å². The summed E-state index contributed by atoms with van der Waals surface area (Å²) in [6.45, 7) is 2.00. The second-order valence-corrected chi connectivity index (χ2v) is 5.61. The van der Waals surface area contributed by atoms with E-state index in [1.54, 1.807) is 0 Å². The van der Waals surface area contributed by atoms with Gasteiger partial charge in [0.1, 0.15) is 0 Å². The van der Waals surface area contributed by atoms with Gasteiger partial charge < -0.3 is 4.74 Å². The Morgan fingerprint density at radius 3 is 1.19 bits per heavy atom. The van der Waals surface area contributed by atoms with Crippen LogP contribution in [0.5, 0.6) is 0 Å². The van der Waals surface area contributed by atoms with Crippen molar-refractivity contribution in [2.24, 2.45) is 0 Å². The summed E-state index contributed by atoms with van der Waals surface area (Å²) in [6.07, 6.45) is 2.56. The van der Waals surface area contributed by atoms with Gasteiger partial charge in [0.05, 0.1) is 0 Å². The Hall–Kier alpha value is -2.12. The predicted octanol–water partition coefficient (Wildman–Crippen LogP) is 5.38. The van der Waals surface area contributed by atoms with E-state index in [-0.39, 0.29) is 0 Å². The van der Waals surface area contributed by atoms with Crippen LogP contribution >= 0.6 is 0 Å². The summed E-state index contributed by atoms with van der Waals surface area (Å²) in [5.41, 5.74) is 0. The van der Waals surface area contributed by atoms with Crippen LogP contribution in [0.25, 0.3) is 32.3 Å². The van der Waals surface area contributed by atoms with Gasteiger partial charge in [-0.25, -0.2) is 0 Å². The molecular weight excluding hydrogens is 256 g/mol. The first-order chi connectivity index (χ1) is 10.4. The van der Waals surface area contributed by atoms with Gasteiger partial charge in [0, 0.05) is 13.2 Å². The lowest BCUT2D eigenvalue weighted by atomic mass is 9.95. The summed E-state index contributed by atoms with van der Waals surface area (Å²) in [5, 5.41) is 8.14. The molecule has 1 heterocycles. The van der Waals surface area contributed by atoms with Crippen molar-refractivity contribution < 1.29 is 4.74 Å². The first-order valence-corrected chi connectivity index (χ1v) is 7.64. The third-order valence-corrected chi connectivity index (χ3v) is 4.22. The molecule has 0 aliphatic carbocycles. The molecule has 1 nitrogen and oxygen atoms in total. The molecule has 104 valence electrons. The zero-order valence-corrected chi connectivity index (χ0v) is 12.0. The monoisotopic (exact) mass is 274 g/mol. The van der Waals surface area contributed by atoms with Gasteiger partial charge in [0.25, 0.3) is 0 Å². The summed E-state index contributed by atoms with van der Waals surface area (Å²) < 4.78 is 4.94. The SMILES string of the molecule is C1CCOC1.c1cc2ccc3cccc4ccc(c1)c2c34. The first-order valence-electron chi connectivity index (χ1n) is 7.64. The van der Waals surface area contributed by atoms with Gasteiger partial charge in [-0.1, -0.05) is 60.7 Å². The van der Waals surface area contributed by atoms with E-state index in [1.165, 1.54) is 45.2 Å². The molecule has 1 aliphatic rings. The predicted molar refractivity (Wildman–Crippen MR) is 90.2 cm³/mol. The van der Waals surface area contributed by atoms with Crippen LogP contribution in [0.3, 0.4) is 0 Å². The van der Waals surface area contributed by atoms with Crippen molar-refractivity contribution in [3.8, 4) is 0 Å². The first kappa shape index (κ1) is 12.6. The fourth-order valence-corrected chi connectivity index (χ4v) is 3.18. The Bertz CT molecular complexity index is 737. The van der Waals surface area contributed by atoms with Crippen molar-refractivity contribution in [3.63, 3.8) is 0 Å². The minimum absolute atomic E-state index is 1.00. The van der Waals surface area contributed by atoms with E-state index < -0.39 is 0 Å². The molecule has 5 rings (SSSR count). The smallest absolute Gasteiger partial charge is 0.0466 e. The molecule has 21 heavy (non-hydrogen) atoms. The Morgan fingerprint density at radius 2 is 0.905 bits per heavy atom. The molecule has 1 fully saturated rings. The highest BCUT2D eigenvalue weighted by Crippen LogP contribution is 2.33. The van der Waals surface area contributed by atoms with Crippen molar-refractivity contribution in [2.75, 3.05) is 13.2 Å². The van der Waals surface area contributed by atoms with Crippen molar-refractivity contribution in [1.82, 2.24) is 0 Å². The van der Waals surface area contributed by atoms with E-state index in [4.69, 9.17) is 4.74 Å². The van der Waals surface area contributed by atoms with Crippen LogP contribution in [0.2, 0.25) is 0 Å². The van der Waals surface area contributed by atoms with Crippen molar-refractivity contribution in [3.05, 3.63) is 60.7 Å². The molecule has 0 spiro atoms. The van der Waals surface area contributed by atoms with E-state index in [2.05, 4.69) is 60.7 Å². The molecule has 4 aromatic rings. The second-order valence-electron chi connectivity index (χ2n) is 5.61. The summed E-state index contributed by atoms with van der Waals surface area (Å²) in [4.78, 5) is 0. The zero-order chi connectivity index (χ0) is 14.1. The summed E-state index contributed by atoms with van der Waals surface area (Å²) in [5.74, 6) is 0. The van der Waals surface area contributed by atoms with Gasteiger partial charge in [-0.3, -0.25) is 0 Å². The van der Waals surface area contributed by atoms with Gasteiger partial charge in [-0.15, -0.1) is 0 Å². The number of benzene rings is 4. The molecule has 1 heteroatoms. The fraction of sp³-hybridized carbons (Fsp3) is 0.200. The van der Waals surface area contributed by atoms with Gasteiger partial charge >= 0.3 is 0 Å². The number of ether oxygens (including phenoxy) is 1. The summed E-state index contributed by atoms with van der Waals surface area (Å²) in [7, 11) is 0. The third-order valence-electron chi connectivity index (χ3n) is 4.22. The zero-order valence-electron chi connectivity index (χ0n) is 12.0. The lowest BCUT2D eigenvalue weighted by Gasteiger charge is -2.09. The minimum Gasteiger partial charge on any atom is -0.381 e. The van der Waals surface area contributed by atoms with E-state index in [0.29, 0.717) is 0 Å². The van der Waals surface area contributed by atoms with Crippen molar-refractivity contribution in [1.29, 1.82) is 0 Å². The van der Waals surface area contributed by atoms with E-state index in [1.807, 2.05) is 0 Å². The molecule has 0 saturated carbocycles. The number of hydrogen-bond acceptors (Lipinski definition) is 1. The van der Waals surface area contributed by atoms with Gasteiger partial charge in [0.2, 0.25) is 0 Å². The van der Waals surface area contributed by atoms with E-state index >= 15 is 0 Å². The maximum Gasteiger partial charge on any atom is 0.0466 e. The topological polar surface area (TPSA) is 9.23 Å². The van der Waals surface area contributed by atoms with Crippen LogP contribution in [-0.2, 0) is 4.74 Å². The molecule has 0 atom stereocenters. The largest absolute Gasteiger partial charge is 0.381 e. The van der Waals surface area contributed by atoms with Crippen LogP contribution in [0.15, 0.2) is 60.7 Å². The molecule has 0 N–H and O–H groups in total. The molecule has 0 unspecified atom stereocenters. The highest BCUT2D eigenvalue weighted by Gasteiger charge is 2.05. The molecule has 0 bridgehead atoms. The molecule has 4 aromatic carbocycles. The quantitative estimate of drug-likeness (QED) is 0.391. The highest BCUT2D eigenvalue weighted by atomic mass is 16.5. The molecule has 0 aromatic heterocycles. The average Bonchev–Trinajstić information content (AvgIpc) is 3.13. The maximum atomic E-state index is 4.94. The molecule has 1 saturated heterocycles. The van der Waals surface area contributed by atoms with Gasteiger partial charge in [0.15, 0.2) is 0 Å². The van der Waals surface area contributed by atoms with E-state index in [0.717, 1.165) is 13.2 Å². The van der Waals surface area contributed by atoms with Gasteiger partial charge in [-0.2, -0.15) is 0 Å². The molecule has 0 radical (unpaired) electrons. The Morgan fingerprint density at radius 1 is 0.524 bits per heavy atom. The lowest BCUT2D eigenvalue weighted by molar-refractivity contribution is 0.198. The van der Waals surface area contributed by atoms with Crippen molar-refractivity contribution in [2.45, 2.75) is 12.8 Å². The number of rotatable bonds is 0. The second kappa shape index (κ2) is 5.34. The normalized spacial score (nSPS) is 14.7. The maximum absolute atomic E-state index is 4.94.